The van der Waals surface area contributed by atoms with Crippen LogP contribution in [-0.4, -0.2) is 35.7 Å². The monoisotopic (exact) mass is 256 g/mol. The van der Waals surface area contributed by atoms with Gasteiger partial charge in [-0.25, -0.2) is 0 Å². The number of nitrogens with zero attached hydrogens (tertiary/aromatic N) is 1. The number of nitrogens with one attached hydrogen (secondary N) is 1. The van der Waals surface area contributed by atoms with Gasteiger partial charge in [-0.3, -0.25) is 0 Å². The molecule has 1 heterocycles. The first-order valence-electron chi connectivity index (χ1n) is 6.82. The molecule has 2 unspecified atom stereocenters. The summed E-state index contributed by atoms with van der Waals surface area (Å²) in [5, 5.41) is 15.5. The minimum atomic E-state index is 0.345. The molecule has 0 saturated carbocycles. The van der Waals surface area contributed by atoms with Crippen LogP contribution in [0.5, 0.6) is 5.75 Å². The van der Waals surface area contributed by atoms with E-state index in [1.54, 1.807) is 6.07 Å². The highest BCUT2D eigenvalue weighted by Crippen LogP contribution is 2.31. The highest BCUT2D eigenvalue weighted by atomic mass is 16.3. The third-order valence-corrected chi connectivity index (χ3v) is 4.15. The second kappa shape index (κ2) is 4.74. The molecule has 0 bridgehead atoms. The molecule has 0 amide bonds. The van der Waals surface area contributed by atoms with E-state index in [2.05, 4.69) is 36.3 Å². The summed E-state index contributed by atoms with van der Waals surface area (Å²) in [4.78, 5) is 2.38. The number of aromatic hydroxyl groups is 1. The molecule has 0 radical (unpaired) electrons. The first-order chi connectivity index (χ1) is 9.15. The predicted octanol–water partition coefficient (Wildman–Crippen LogP) is 3.05. The molecule has 2 N–H and O–H groups in total. The molecule has 3 nitrogen and oxygen atoms in total. The van der Waals surface area contributed by atoms with Gasteiger partial charge in [0.05, 0.1) is 0 Å². The number of benzene rings is 2. The van der Waals surface area contributed by atoms with E-state index < -0.39 is 0 Å². The summed E-state index contributed by atoms with van der Waals surface area (Å²) in [6, 6.07) is 12.8. The van der Waals surface area contributed by atoms with Crippen molar-refractivity contribution < 1.29 is 5.11 Å². The van der Waals surface area contributed by atoms with Gasteiger partial charge in [0.25, 0.3) is 0 Å². The van der Waals surface area contributed by atoms with Gasteiger partial charge in [-0.15, -0.1) is 0 Å². The van der Waals surface area contributed by atoms with Gasteiger partial charge in [0.15, 0.2) is 0 Å². The molecule has 1 aliphatic heterocycles. The third kappa shape index (κ3) is 2.26. The smallest absolute Gasteiger partial charge is 0.123 e. The molecule has 3 heteroatoms. The molecule has 2 atom stereocenters. The van der Waals surface area contributed by atoms with Crippen LogP contribution in [0.25, 0.3) is 10.8 Å². The van der Waals surface area contributed by atoms with Crippen LogP contribution in [0.2, 0.25) is 0 Å². The first-order valence-corrected chi connectivity index (χ1v) is 6.82. The van der Waals surface area contributed by atoms with Crippen molar-refractivity contribution in [3.63, 3.8) is 0 Å². The molecule has 3 rings (SSSR count). The Kier molecular flexibility index (Phi) is 3.07. The van der Waals surface area contributed by atoms with Gasteiger partial charge in [-0.1, -0.05) is 24.3 Å². The van der Waals surface area contributed by atoms with Crippen LogP contribution in [-0.2, 0) is 0 Å². The van der Waals surface area contributed by atoms with Crippen LogP contribution < -0.4 is 5.32 Å². The molecule has 0 aliphatic carbocycles. The van der Waals surface area contributed by atoms with Crippen LogP contribution in [0.3, 0.4) is 0 Å². The van der Waals surface area contributed by atoms with E-state index in [1.807, 2.05) is 18.2 Å². The second-order valence-electron chi connectivity index (χ2n) is 5.54. The number of phenols is 1. The summed E-state index contributed by atoms with van der Waals surface area (Å²) in [5.74, 6) is 0.345. The van der Waals surface area contributed by atoms with E-state index in [0.717, 1.165) is 29.4 Å². The fourth-order valence-electron chi connectivity index (χ4n) is 2.94. The van der Waals surface area contributed by atoms with Gasteiger partial charge >= 0.3 is 0 Å². The Hall–Kier alpha value is -1.74. The van der Waals surface area contributed by atoms with E-state index in [0.29, 0.717) is 17.8 Å². The van der Waals surface area contributed by atoms with Crippen molar-refractivity contribution in [2.75, 3.05) is 18.9 Å². The summed E-state index contributed by atoms with van der Waals surface area (Å²) in [7, 11) is 2.17. The van der Waals surface area contributed by atoms with Gasteiger partial charge in [0, 0.05) is 35.1 Å². The van der Waals surface area contributed by atoms with E-state index in [1.165, 1.54) is 0 Å². The Morgan fingerprint density at radius 1 is 1.16 bits per heavy atom. The van der Waals surface area contributed by atoms with Gasteiger partial charge in [0.2, 0.25) is 0 Å². The van der Waals surface area contributed by atoms with Crippen molar-refractivity contribution in [2.24, 2.45) is 0 Å². The second-order valence-corrected chi connectivity index (χ2v) is 5.54. The lowest BCUT2D eigenvalue weighted by Gasteiger charge is -2.16. The Labute approximate surface area is 113 Å². The molecule has 2 aromatic rings. The van der Waals surface area contributed by atoms with E-state index in [9.17, 15) is 5.11 Å². The summed E-state index contributed by atoms with van der Waals surface area (Å²) in [6.07, 6.45) is 1.16. The molecule has 100 valence electrons. The maximum Gasteiger partial charge on any atom is 0.123 e. The zero-order valence-corrected chi connectivity index (χ0v) is 11.4. The summed E-state index contributed by atoms with van der Waals surface area (Å²) < 4.78 is 0. The minimum Gasteiger partial charge on any atom is -0.507 e. The van der Waals surface area contributed by atoms with Crippen LogP contribution in [0.4, 0.5) is 5.69 Å². The molecule has 1 aliphatic rings. The predicted molar refractivity (Wildman–Crippen MR) is 79.7 cm³/mol. The Morgan fingerprint density at radius 2 is 1.89 bits per heavy atom. The number of likely N-dealkylation sites (N-methyl/N-ethyl adjacent to an activating group) is 1. The van der Waals surface area contributed by atoms with Crippen molar-refractivity contribution in [1.82, 2.24) is 4.90 Å². The molecule has 2 aromatic carbocycles. The van der Waals surface area contributed by atoms with Gasteiger partial charge in [-0.2, -0.15) is 0 Å². The van der Waals surface area contributed by atoms with Crippen molar-refractivity contribution >= 4 is 16.5 Å². The summed E-state index contributed by atoms with van der Waals surface area (Å²) in [6.45, 7) is 3.33. The highest BCUT2D eigenvalue weighted by molar-refractivity contribution is 5.97. The minimum absolute atomic E-state index is 0.345. The fourth-order valence-corrected chi connectivity index (χ4v) is 2.94. The van der Waals surface area contributed by atoms with Crippen molar-refractivity contribution in [3.8, 4) is 5.75 Å². The molecule has 0 spiro atoms. The number of fused-ring (bicyclic) bond motifs is 1. The SMILES string of the molecule is CC1CC(Nc2cccc3c(O)cccc23)CN1C. The zero-order valence-electron chi connectivity index (χ0n) is 11.4. The molecule has 1 saturated heterocycles. The number of rotatable bonds is 2. The van der Waals surface area contributed by atoms with E-state index in [-0.39, 0.29) is 0 Å². The Morgan fingerprint density at radius 3 is 2.63 bits per heavy atom. The molecular weight excluding hydrogens is 236 g/mol. The maximum absolute atomic E-state index is 9.90. The number of anilines is 1. The standard InChI is InChI=1S/C16H20N2O/c1-11-9-12(10-18(11)2)17-15-7-3-6-14-13(15)5-4-8-16(14)19/h3-8,11-12,17,19H,9-10H2,1-2H3. The average molecular weight is 256 g/mol. The average Bonchev–Trinajstić information content (AvgIpc) is 2.70. The fraction of sp³-hybridized carbons (Fsp3) is 0.375. The topological polar surface area (TPSA) is 35.5 Å². The van der Waals surface area contributed by atoms with E-state index >= 15 is 0 Å². The normalized spacial score (nSPS) is 23.9. The van der Waals surface area contributed by atoms with Crippen LogP contribution in [0, 0.1) is 0 Å². The van der Waals surface area contributed by atoms with E-state index in [4.69, 9.17) is 0 Å². The van der Waals surface area contributed by atoms with Crippen LogP contribution in [0.1, 0.15) is 13.3 Å². The Balaban J connectivity index is 1.91. The largest absolute Gasteiger partial charge is 0.507 e. The summed E-state index contributed by atoms with van der Waals surface area (Å²) >= 11 is 0. The number of hydrogen-bond acceptors (Lipinski definition) is 3. The van der Waals surface area contributed by atoms with Crippen molar-refractivity contribution in [1.29, 1.82) is 0 Å². The lowest BCUT2D eigenvalue weighted by molar-refractivity contribution is 0.330. The lowest BCUT2D eigenvalue weighted by atomic mass is 10.1. The highest BCUT2D eigenvalue weighted by Gasteiger charge is 2.26. The molecule has 1 fully saturated rings. The molecule has 19 heavy (non-hydrogen) atoms. The quantitative estimate of drug-likeness (QED) is 0.867. The van der Waals surface area contributed by atoms with Crippen LogP contribution in [0.15, 0.2) is 36.4 Å². The molecular formula is C16H20N2O. The number of hydrogen-bond donors (Lipinski definition) is 2. The molecule has 0 aromatic heterocycles. The van der Waals surface area contributed by atoms with Crippen molar-refractivity contribution in [2.45, 2.75) is 25.4 Å². The van der Waals surface area contributed by atoms with Gasteiger partial charge in [-0.05, 0) is 32.5 Å². The maximum atomic E-state index is 9.90. The first kappa shape index (κ1) is 12.3. The van der Waals surface area contributed by atoms with Crippen LogP contribution >= 0.6 is 0 Å². The zero-order chi connectivity index (χ0) is 13.4. The van der Waals surface area contributed by atoms with Gasteiger partial charge in [0.1, 0.15) is 5.75 Å². The van der Waals surface area contributed by atoms with Gasteiger partial charge < -0.3 is 15.3 Å². The number of likely N-dealkylation sites (tertiary alicyclic amines) is 1. The summed E-state index contributed by atoms with van der Waals surface area (Å²) in [5.41, 5.74) is 1.11. The third-order valence-electron chi connectivity index (χ3n) is 4.15. The van der Waals surface area contributed by atoms with Crippen molar-refractivity contribution in [3.05, 3.63) is 36.4 Å². The number of phenolic OH excluding ortho intramolecular Hbond substituents is 1. The lowest BCUT2D eigenvalue weighted by Crippen LogP contribution is -2.24. The Bertz CT molecular complexity index is 586.